The number of nitrogens with one attached hydrogen (secondary N) is 2. The predicted molar refractivity (Wildman–Crippen MR) is 155 cm³/mol. The summed E-state index contributed by atoms with van der Waals surface area (Å²) in [6.45, 7) is 0.551. The molecule has 2 saturated carbocycles. The van der Waals surface area contributed by atoms with Crippen molar-refractivity contribution < 1.29 is 19.2 Å². The highest BCUT2D eigenvalue weighted by atomic mass is 16.2. The van der Waals surface area contributed by atoms with E-state index in [1.54, 1.807) is 12.1 Å². The van der Waals surface area contributed by atoms with Crippen LogP contribution in [-0.4, -0.2) is 60.4 Å². The van der Waals surface area contributed by atoms with E-state index >= 15 is 0 Å². The van der Waals surface area contributed by atoms with Crippen LogP contribution in [-0.2, 0) is 16.1 Å². The van der Waals surface area contributed by atoms with Gasteiger partial charge in [-0.2, -0.15) is 5.10 Å². The van der Waals surface area contributed by atoms with Gasteiger partial charge in [0.25, 0.3) is 11.8 Å². The van der Waals surface area contributed by atoms with Gasteiger partial charge in [0.2, 0.25) is 11.8 Å². The standard InChI is InChI=1S/C32H29N7O4/c40-28-10-9-27(30(41)36-28)39-31(42)21-8-5-17(11-22(21)32(39)43)14-33-19-12-20(13-19)38-16-23(29(37-38)18-6-7-18)26-15-34-24-3-1-2-4-25(24)35-26/h1-5,8,11,15-16,18-20,27,33H,6-7,9-10,12-14H2,(H,36,40,41). The van der Waals surface area contributed by atoms with Crippen molar-refractivity contribution >= 4 is 34.7 Å². The summed E-state index contributed by atoms with van der Waals surface area (Å²) < 4.78 is 2.10. The molecular weight excluding hydrogens is 546 g/mol. The van der Waals surface area contributed by atoms with Crippen LogP contribution in [0.3, 0.4) is 0 Å². The van der Waals surface area contributed by atoms with Crippen LogP contribution in [0.5, 0.6) is 0 Å². The van der Waals surface area contributed by atoms with Gasteiger partial charge in [0.15, 0.2) is 0 Å². The highest BCUT2D eigenvalue weighted by Gasteiger charge is 2.44. The van der Waals surface area contributed by atoms with Crippen molar-refractivity contribution in [1.29, 1.82) is 0 Å². The number of para-hydroxylation sites is 2. The van der Waals surface area contributed by atoms with Crippen molar-refractivity contribution in [2.75, 3.05) is 0 Å². The monoisotopic (exact) mass is 575 g/mol. The number of hydrogen-bond acceptors (Lipinski definition) is 8. The average Bonchev–Trinajstić information content (AvgIpc) is 3.70. The molecule has 8 rings (SSSR count). The van der Waals surface area contributed by atoms with E-state index < -0.39 is 23.8 Å². The molecule has 4 heterocycles. The van der Waals surface area contributed by atoms with Gasteiger partial charge in [0.1, 0.15) is 6.04 Å². The molecule has 1 saturated heterocycles. The number of fused-ring (bicyclic) bond motifs is 2. The van der Waals surface area contributed by atoms with Gasteiger partial charge in [-0.05, 0) is 61.9 Å². The lowest BCUT2D eigenvalue weighted by Gasteiger charge is -2.36. The molecule has 3 fully saturated rings. The second-order valence-electron chi connectivity index (χ2n) is 12.0. The van der Waals surface area contributed by atoms with E-state index in [1.165, 1.54) is 0 Å². The van der Waals surface area contributed by atoms with Crippen LogP contribution in [0.15, 0.2) is 54.9 Å². The molecule has 0 bridgehead atoms. The molecule has 4 amide bonds. The summed E-state index contributed by atoms with van der Waals surface area (Å²) in [5, 5.41) is 10.8. The Labute approximate surface area is 246 Å². The smallest absolute Gasteiger partial charge is 0.262 e. The fourth-order valence-electron chi connectivity index (χ4n) is 6.40. The first-order valence-electron chi connectivity index (χ1n) is 14.8. The Hall–Kier alpha value is -4.77. The Morgan fingerprint density at radius 3 is 2.49 bits per heavy atom. The zero-order valence-electron chi connectivity index (χ0n) is 23.3. The summed E-state index contributed by atoms with van der Waals surface area (Å²) in [4.78, 5) is 60.4. The Morgan fingerprint density at radius 2 is 1.70 bits per heavy atom. The first kappa shape index (κ1) is 25.9. The van der Waals surface area contributed by atoms with E-state index in [-0.39, 0.29) is 18.7 Å². The van der Waals surface area contributed by atoms with Gasteiger partial charge in [-0.1, -0.05) is 18.2 Å². The van der Waals surface area contributed by atoms with Gasteiger partial charge < -0.3 is 5.32 Å². The molecule has 0 spiro atoms. The second-order valence-corrected chi connectivity index (χ2v) is 12.0. The molecule has 2 aliphatic carbocycles. The number of carbonyl (C=O) groups excluding carboxylic acids is 4. The molecule has 2 aliphatic heterocycles. The maximum absolute atomic E-state index is 13.1. The second kappa shape index (κ2) is 9.91. The molecule has 2 N–H and O–H groups in total. The normalized spacial score (nSPS) is 23.4. The molecule has 2 aromatic carbocycles. The molecule has 0 radical (unpaired) electrons. The molecule has 43 heavy (non-hydrogen) atoms. The predicted octanol–water partition coefficient (Wildman–Crippen LogP) is 3.27. The summed E-state index contributed by atoms with van der Waals surface area (Å²) in [5.41, 5.74) is 6.29. The van der Waals surface area contributed by atoms with Gasteiger partial charge in [-0.15, -0.1) is 0 Å². The van der Waals surface area contributed by atoms with Crippen LogP contribution >= 0.6 is 0 Å². The van der Waals surface area contributed by atoms with E-state index in [4.69, 9.17) is 10.1 Å². The molecule has 1 atom stereocenters. The van der Waals surface area contributed by atoms with Crippen molar-refractivity contribution in [3.63, 3.8) is 0 Å². The highest BCUT2D eigenvalue weighted by molar-refractivity contribution is 6.23. The fraction of sp³-hybridized carbons (Fsp3) is 0.344. The lowest BCUT2D eigenvalue weighted by molar-refractivity contribution is -0.136. The molecule has 11 nitrogen and oxygen atoms in total. The number of benzene rings is 2. The number of imide groups is 2. The largest absolute Gasteiger partial charge is 0.310 e. The number of nitrogens with zero attached hydrogens (tertiary/aromatic N) is 5. The topological polar surface area (TPSA) is 139 Å². The molecule has 4 aliphatic rings. The average molecular weight is 576 g/mol. The molecular formula is C32H29N7O4. The van der Waals surface area contributed by atoms with Crippen LogP contribution in [0.4, 0.5) is 0 Å². The van der Waals surface area contributed by atoms with Crippen LogP contribution < -0.4 is 10.6 Å². The lowest BCUT2D eigenvalue weighted by Crippen LogP contribution is -2.54. The van der Waals surface area contributed by atoms with Gasteiger partial charge in [-0.25, -0.2) is 4.98 Å². The molecule has 4 aromatic rings. The van der Waals surface area contributed by atoms with Crippen LogP contribution in [0.1, 0.15) is 82.5 Å². The van der Waals surface area contributed by atoms with Crippen molar-refractivity contribution in [1.82, 2.24) is 35.3 Å². The number of amides is 4. The van der Waals surface area contributed by atoms with E-state index in [0.717, 1.165) is 64.1 Å². The summed E-state index contributed by atoms with van der Waals surface area (Å²) in [5.74, 6) is -1.49. The quantitative estimate of drug-likeness (QED) is 0.320. The van der Waals surface area contributed by atoms with Gasteiger partial charge >= 0.3 is 0 Å². The minimum Gasteiger partial charge on any atom is -0.310 e. The third-order valence-electron chi connectivity index (χ3n) is 9.04. The Balaban J connectivity index is 0.923. The fourth-order valence-corrected chi connectivity index (χ4v) is 6.40. The van der Waals surface area contributed by atoms with Gasteiger partial charge in [0.05, 0.1) is 45.8 Å². The van der Waals surface area contributed by atoms with E-state index in [2.05, 4.69) is 26.5 Å². The lowest BCUT2D eigenvalue weighted by atomic mass is 9.86. The number of rotatable bonds is 7. The Kier molecular flexibility index (Phi) is 5.97. The maximum Gasteiger partial charge on any atom is 0.262 e. The van der Waals surface area contributed by atoms with Crippen molar-refractivity contribution in [3.05, 3.63) is 77.2 Å². The molecule has 216 valence electrons. The van der Waals surface area contributed by atoms with Crippen LogP contribution in [0, 0.1) is 0 Å². The van der Waals surface area contributed by atoms with E-state index in [9.17, 15) is 19.2 Å². The Bertz CT molecular complexity index is 1840. The van der Waals surface area contributed by atoms with Crippen molar-refractivity contribution in [2.45, 2.75) is 69.1 Å². The number of piperidine rings is 1. The summed E-state index contributed by atoms with van der Waals surface area (Å²) in [6.07, 6.45) is 8.38. The zero-order valence-corrected chi connectivity index (χ0v) is 23.3. The van der Waals surface area contributed by atoms with Crippen molar-refractivity contribution in [2.24, 2.45) is 0 Å². The van der Waals surface area contributed by atoms with E-state index in [0.29, 0.717) is 35.7 Å². The highest BCUT2D eigenvalue weighted by Crippen LogP contribution is 2.45. The third kappa shape index (κ3) is 4.51. The number of hydrogen-bond donors (Lipinski definition) is 2. The number of carbonyl (C=O) groups is 4. The first-order valence-corrected chi connectivity index (χ1v) is 14.8. The maximum atomic E-state index is 13.1. The molecule has 1 unspecified atom stereocenters. The van der Waals surface area contributed by atoms with E-state index in [1.807, 2.05) is 36.5 Å². The van der Waals surface area contributed by atoms with Crippen molar-refractivity contribution in [3.8, 4) is 11.3 Å². The zero-order chi connectivity index (χ0) is 29.2. The van der Waals surface area contributed by atoms with Crippen LogP contribution in [0.25, 0.3) is 22.3 Å². The molecule has 11 heteroatoms. The number of aromatic nitrogens is 4. The summed E-state index contributed by atoms with van der Waals surface area (Å²) >= 11 is 0. The van der Waals surface area contributed by atoms with Gasteiger partial charge in [-0.3, -0.25) is 39.1 Å². The summed E-state index contributed by atoms with van der Waals surface area (Å²) in [6, 6.07) is 12.7. The first-order chi connectivity index (χ1) is 20.9. The SMILES string of the molecule is O=C1CCC(N2C(=O)c3ccc(CNC4CC(n5cc(-c6cnc7ccccc7n6)c(C6CC6)n5)C4)cc3C2=O)C(=O)N1. The minimum atomic E-state index is -0.963. The molecule has 2 aromatic heterocycles. The summed E-state index contributed by atoms with van der Waals surface area (Å²) in [7, 11) is 0. The van der Waals surface area contributed by atoms with Gasteiger partial charge in [0, 0.05) is 36.7 Å². The minimum absolute atomic E-state index is 0.0979. The third-order valence-corrected chi connectivity index (χ3v) is 9.04. The van der Waals surface area contributed by atoms with Crippen LogP contribution in [0.2, 0.25) is 0 Å². The Morgan fingerprint density at radius 1 is 0.907 bits per heavy atom.